The number of rotatable bonds is 7. The molecule has 5 heteroatoms. The Kier molecular flexibility index (Phi) is 6.10. The Labute approximate surface area is 150 Å². The molecule has 3 rings (SSSR count). The molecule has 0 spiro atoms. The van der Waals surface area contributed by atoms with Crippen LogP contribution in [0.5, 0.6) is 5.75 Å². The summed E-state index contributed by atoms with van der Waals surface area (Å²) in [6.45, 7) is 9.79. The van der Waals surface area contributed by atoms with Crippen LogP contribution in [0.25, 0.3) is 0 Å². The molecule has 0 amide bonds. The Morgan fingerprint density at radius 2 is 1.80 bits per heavy atom. The lowest BCUT2D eigenvalue weighted by Gasteiger charge is -2.34. The highest BCUT2D eigenvalue weighted by Crippen LogP contribution is 2.13. The highest BCUT2D eigenvalue weighted by atomic mass is 16.5. The number of para-hydroxylation sites is 1. The summed E-state index contributed by atoms with van der Waals surface area (Å²) >= 11 is 0. The van der Waals surface area contributed by atoms with E-state index in [4.69, 9.17) is 10.00 Å². The van der Waals surface area contributed by atoms with Gasteiger partial charge in [0.2, 0.25) is 0 Å². The van der Waals surface area contributed by atoms with Crippen LogP contribution >= 0.6 is 0 Å². The maximum Gasteiger partial charge on any atom is 0.120 e. The van der Waals surface area contributed by atoms with E-state index >= 15 is 0 Å². The maximum absolute atomic E-state index is 9.17. The topological polar surface area (TPSA) is 44.4 Å². The van der Waals surface area contributed by atoms with Gasteiger partial charge in [-0.05, 0) is 30.7 Å². The molecule has 1 aromatic heterocycles. The zero-order valence-electron chi connectivity index (χ0n) is 14.9. The molecular formula is C20H26N4O. The predicted molar refractivity (Wildman–Crippen MR) is 98.5 cm³/mol. The van der Waals surface area contributed by atoms with Crippen molar-refractivity contribution in [3.63, 3.8) is 0 Å². The first-order valence-electron chi connectivity index (χ1n) is 9.00. The van der Waals surface area contributed by atoms with E-state index in [0.717, 1.165) is 63.9 Å². The SMILES string of the molecule is CCn1cc(CN2CCN(CCOc3ccccc3)CC2)cc1C#N. The summed E-state index contributed by atoms with van der Waals surface area (Å²) in [5.74, 6) is 0.940. The Balaban J connectivity index is 1.40. The molecule has 1 fully saturated rings. The quantitative estimate of drug-likeness (QED) is 0.778. The summed E-state index contributed by atoms with van der Waals surface area (Å²) in [4.78, 5) is 4.92. The van der Waals surface area contributed by atoms with Crippen molar-refractivity contribution in [1.29, 1.82) is 5.26 Å². The van der Waals surface area contributed by atoms with E-state index in [1.54, 1.807) is 0 Å². The van der Waals surface area contributed by atoms with Gasteiger partial charge >= 0.3 is 0 Å². The molecule has 5 nitrogen and oxygen atoms in total. The first kappa shape index (κ1) is 17.5. The van der Waals surface area contributed by atoms with E-state index in [0.29, 0.717) is 0 Å². The van der Waals surface area contributed by atoms with E-state index < -0.39 is 0 Å². The second-order valence-electron chi connectivity index (χ2n) is 6.41. The standard InChI is InChI=1S/C20H26N4O/c1-2-24-17-18(14-19(24)15-21)16-23-10-8-22(9-11-23)12-13-25-20-6-4-3-5-7-20/h3-7,14,17H,2,8-13,16H2,1H3. The minimum Gasteiger partial charge on any atom is -0.492 e. The van der Waals surface area contributed by atoms with Gasteiger partial charge in [0.1, 0.15) is 24.1 Å². The van der Waals surface area contributed by atoms with Crippen molar-refractivity contribution in [2.45, 2.75) is 20.0 Å². The smallest absolute Gasteiger partial charge is 0.120 e. The third-order valence-electron chi connectivity index (χ3n) is 4.70. The van der Waals surface area contributed by atoms with E-state index in [-0.39, 0.29) is 0 Å². The minimum absolute atomic E-state index is 0.731. The van der Waals surface area contributed by atoms with Gasteiger partial charge in [0.25, 0.3) is 0 Å². The Bertz CT molecular complexity index is 696. The van der Waals surface area contributed by atoms with Gasteiger partial charge in [0.15, 0.2) is 0 Å². The summed E-state index contributed by atoms with van der Waals surface area (Å²) in [5.41, 5.74) is 1.99. The van der Waals surface area contributed by atoms with Crippen molar-refractivity contribution >= 4 is 0 Å². The molecule has 0 unspecified atom stereocenters. The van der Waals surface area contributed by atoms with Crippen molar-refractivity contribution in [2.24, 2.45) is 0 Å². The predicted octanol–water partition coefficient (Wildman–Crippen LogP) is 2.58. The molecule has 0 atom stereocenters. The summed E-state index contributed by atoms with van der Waals surface area (Å²) in [5, 5.41) is 9.17. The van der Waals surface area contributed by atoms with E-state index in [9.17, 15) is 0 Å². The van der Waals surface area contributed by atoms with Crippen molar-refractivity contribution in [2.75, 3.05) is 39.3 Å². The van der Waals surface area contributed by atoms with Gasteiger partial charge < -0.3 is 9.30 Å². The molecule has 0 radical (unpaired) electrons. The summed E-state index contributed by atoms with van der Waals surface area (Å²) in [7, 11) is 0. The number of aryl methyl sites for hydroxylation is 1. The van der Waals surface area contributed by atoms with Crippen LogP contribution in [-0.2, 0) is 13.1 Å². The fourth-order valence-electron chi connectivity index (χ4n) is 3.25. The van der Waals surface area contributed by atoms with Gasteiger partial charge in [-0.2, -0.15) is 5.26 Å². The van der Waals surface area contributed by atoms with Gasteiger partial charge in [-0.3, -0.25) is 9.80 Å². The number of nitriles is 1. The third-order valence-corrected chi connectivity index (χ3v) is 4.70. The first-order valence-corrected chi connectivity index (χ1v) is 9.00. The van der Waals surface area contributed by atoms with Crippen LogP contribution in [0.15, 0.2) is 42.6 Å². The third kappa shape index (κ3) is 4.85. The summed E-state index contributed by atoms with van der Waals surface area (Å²) < 4.78 is 7.80. The number of nitrogens with zero attached hydrogens (tertiary/aromatic N) is 4. The molecule has 1 aliphatic heterocycles. The number of hydrogen-bond acceptors (Lipinski definition) is 4. The van der Waals surface area contributed by atoms with Crippen molar-refractivity contribution in [3.8, 4) is 11.8 Å². The largest absolute Gasteiger partial charge is 0.492 e. The van der Waals surface area contributed by atoms with Gasteiger partial charge in [-0.1, -0.05) is 18.2 Å². The average molecular weight is 338 g/mol. The van der Waals surface area contributed by atoms with Crippen LogP contribution in [0.3, 0.4) is 0 Å². The van der Waals surface area contributed by atoms with Crippen LogP contribution in [-0.4, -0.2) is 53.7 Å². The zero-order valence-corrected chi connectivity index (χ0v) is 14.9. The van der Waals surface area contributed by atoms with E-state index in [2.05, 4.69) is 29.0 Å². The molecule has 25 heavy (non-hydrogen) atoms. The van der Waals surface area contributed by atoms with Gasteiger partial charge in [0.05, 0.1) is 0 Å². The normalized spacial score (nSPS) is 15.8. The van der Waals surface area contributed by atoms with Crippen LogP contribution in [0.4, 0.5) is 0 Å². The molecule has 0 bridgehead atoms. The average Bonchev–Trinajstić information content (AvgIpc) is 3.06. The summed E-state index contributed by atoms with van der Waals surface area (Å²) in [6.07, 6.45) is 2.11. The number of piperazine rings is 1. The molecule has 0 aliphatic carbocycles. The van der Waals surface area contributed by atoms with Gasteiger partial charge in [0, 0.05) is 52.0 Å². The molecule has 0 saturated carbocycles. The van der Waals surface area contributed by atoms with Crippen molar-refractivity contribution in [1.82, 2.24) is 14.4 Å². The van der Waals surface area contributed by atoms with Crippen LogP contribution in [0.1, 0.15) is 18.2 Å². The Morgan fingerprint density at radius 3 is 2.44 bits per heavy atom. The van der Waals surface area contributed by atoms with Crippen molar-refractivity contribution in [3.05, 3.63) is 53.9 Å². The molecule has 132 valence electrons. The Hall–Kier alpha value is -2.29. The Morgan fingerprint density at radius 1 is 1.08 bits per heavy atom. The van der Waals surface area contributed by atoms with Crippen molar-refractivity contribution < 1.29 is 4.74 Å². The molecule has 0 N–H and O–H groups in total. The molecule has 1 aromatic carbocycles. The zero-order chi connectivity index (χ0) is 17.5. The molecule has 1 aliphatic rings. The van der Waals surface area contributed by atoms with Gasteiger partial charge in [-0.25, -0.2) is 0 Å². The fraction of sp³-hybridized carbons (Fsp3) is 0.450. The lowest BCUT2D eigenvalue weighted by Crippen LogP contribution is -2.46. The highest BCUT2D eigenvalue weighted by molar-refractivity contribution is 5.28. The number of hydrogen-bond donors (Lipinski definition) is 0. The highest BCUT2D eigenvalue weighted by Gasteiger charge is 2.17. The molecule has 2 aromatic rings. The summed E-state index contributed by atoms with van der Waals surface area (Å²) in [6, 6.07) is 14.3. The fourth-order valence-corrected chi connectivity index (χ4v) is 3.25. The van der Waals surface area contributed by atoms with Crippen LogP contribution < -0.4 is 4.74 Å². The second kappa shape index (κ2) is 8.70. The lowest BCUT2D eigenvalue weighted by molar-refractivity contribution is 0.112. The lowest BCUT2D eigenvalue weighted by atomic mass is 10.2. The number of benzene rings is 1. The number of aromatic nitrogens is 1. The molecular weight excluding hydrogens is 312 g/mol. The first-order chi connectivity index (χ1) is 12.3. The van der Waals surface area contributed by atoms with Crippen LogP contribution in [0, 0.1) is 11.3 Å². The second-order valence-corrected chi connectivity index (χ2v) is 6.41. The van der Waals surface area contributed by atoms with E-state index in [1.165, 1.54) is 5.56 Å². The maximum atomic E-state index is 9.17. The molecule has 1 saturated heterocycles. The van der Waals surface area contributed by atoms with E-state index in [1.807, 2.05) is 41.0 Å². The number of ether oxygens (including phenoxy) is 1. The van der Waals surface area contributed by atoms with Gasteiger partial charge in [-0.15, -0.1) is 0 Å². The monoisotopic (exact) mass is 338 g/mol. The minimum atomic E-state index is 0.731. The van der Waals surface area contributed by atoms with Crippen LogP contribution in [0.2, 0.25) is 0 Å². The molecule has 2 heterocycles.